The van der Waals surface area contributed by atoms with Crippen LogP contribution in [-0.4, -0.2) is 11.5 Å². The zero-order valence-corrected chi connectivity index (χ0v) is 8.32. The quantitative estimate of drug-likeness (QED) is 0.613. The number of hydrogen-bond acceptors (Lipinski definition) is 5. The predicted octanol–water partition coefficient (Wildman–Crippen LogP) is 2.16. The Labute approximate surface area is 77.8 Å². The fourth-order valence-corrected chi connectivity index (χ4v) is 4.32. The molecule has 1 heterocycles. The van der Waals surface area contributed by atoms with E-state index in [2.05, 4.69) is 6.07 Å². The molecule has 0 aromatic heterocycles. The molecule has 0 saturated heterocycles. The first-order chi connectivity index (χ1) is 5.34. The van der Waals surface area contributed by atoms with Gasteiger partial charge in [0.2, 0.25) is 0 Å². The van der Waals surface area contributed by atoms with E-state index < -0.39 is 0 Å². The zero-order valence-electron chi connectivity index (χ0n) is 5.87. The Bertz CT molecular complexity index is 206. The van der Waals surface area contributed by atoms with Gasteiger partial charge in [-0.25, -0.2) is 0 Å². The summed E-state index contributed by atoms with van der Waals surface area (Å²) >= 11 is 0. The summed E-state index contributed by atoms with van der Waals surface area (Å²) < 4.78 is 0. The van der Waals surface area contributed by atoms with Crippen molar-refractivity contribution in [3.05, 3.63) is 11.3 Å². The molecular formula is C6H8N2S3. The summed E-state index contributed by atoms with van der Waals surface area (Å²) in [4.78, 5) is 0. The lowest BCUT2D eigenvalue weighted by atomic mass is 10.2. The molecule has 0 aromatic carbocycles. The van der Waals surface area contributed by atoms with Crippen LogP contribution in [0.15, 0.2) is 11.3 Å². The molecule has 60 valence electrons. The van der Waals surface area contributed by atoms with Gasteiger partial charge in [-0.2, -0.15) is 5.26 Å². The van der Waals surface area contributed by atoms with Crippen molar-refractivity contribution in [3.63, 3.8) is 0 Å². The summed E-state index contributed by atoms with van der Waals surface area (Å²) in [5.74, 6) is 1.76. The second-order valence-electron chi connectivity index (χ2n) is 2.02. The van der Waals surface area contributed by atoms with Crippen LogP contribution in [0.25, 0.3) is 0 Å². The van der Waals surface area contributed by atoms with E-state index in [1.807, 2.05) is 0 Å². The molecule has 0 radical (unpaired) electrons. The first-order valence-corrected chi connectivity index (χ1v) is 6.95. The normalized spacial score (nSPS) is 26.8. The molecular weight excluding hydrogens is 196 g/mol. The standard InChI is InChI=1S/C6H8N2S3/c7-3-5-4-10-11-9-2-1-6(5)8/h1-2,4,8H2/b6-5+. The molecule has 2 nitrogen and oxygen atoms in total. The Kier molecular flexibility index (Phi) is 4.05. The highest BCUT2D eigenvalue weighted by atomic mass is 33.5. The first-order valence-electron chi connectivity index (χ1n) is 3.13. The smallest absolute Gasteiger partial charge is 0.0974 e. The highest BCUT2D eigenvalue weighted by Gasteiger charge is 2.07. The molecule has 5 heteroatoms. The largest absolute Gasteiger partial charge is 0.401 e. The number of hydrogen-bond donors (Lipinski definition) is 1. The fraction of sp³-hybridized carbons (Fsp3) is 0.500. The number of allylic oxidation sites excluding steroid dienone is 1. The molecule has 0 spiro atoms. The molecule has 0 unspecified atom stereocenters. The number of nitriles is 1. The molecule has 0 bridgehead atoms. The Morgan fingerprint density at radius 3 is 3.00 bits per heavy atom. The molecule has 0 fully saturated rings. The van der Waals surface area contributed by atoms with Crippen LogP contribution in [0.4, 0.5) is 0 Å². The van der Waals surface area contributed by atoms with Crippen LogP contribution < -0.4 is 5.73 Å². The van der Waals surface area contributed by atoms with Crippen molar-refractivity contribution in [1.82, 2.24) is 0 Å². The van der Waals surface area contributed by atoms with Crippen LogP contribution in [0.5, 0.6) is 0 Å². The molecule has 0 aliphatic carbocycles. The van der Waals surface area contributed by atoms with E-state index in [-0.39, 0.29) is 0 Å². The monoisotopic (exact) mass is 204 g/mol. The molecule has 1 aliphatic heterocycles. The van der Waals surface area contributed by atoms with Gasteiger partial charge in [0.05, 0.1) is 11.6 Å². The summed E-state index contributed by atoms with van der Waals surface area (Å²) in [6.07, 6.45) is 0.848. The van der Waals surface area contributed by atoms with Gasteiger partial charge in [-0.15, -0.1) is 0 Å². The lowest BCUT2D eigenvalue weighted by molar-refractivity contribution is 1.06. The highest BCUT2D eigenvalue weighted by Crippen LogP contribution is 2.38. The van der Waals surface area contributed by atoms with E-state index in [1.54, 1.807) is 31.4 Å². The molecule has 1 aliphatic rings. The lowest BCUT2D eigenvalue weighted by Gasteiger charge is -2.08. The summed E-state index contributed by atoms with van der Waals surface area (Å²) in [5, 5.41) is 8.66. The highest BCUT2D eigenvalue weighted by molar-refractivity contribution is 9.09. The van der Waals surface area contributed by atoms with Crippen molar-refractivity contribution in [3.8, 4) is 6.07 Å². The minimum atomic E-state index is 0.750. The Morgan fingerprint density at radius 1 is 1.45 bits per heavy atom. The van der Waals surface area contributed by atoms with Gasteiger partial charge in [0, 0.05) is 17.2 Å². The van der Waals surface area contributed by atoms with Gasteiger partial charge >= 0.3 is 0 Å². The number of nitrogens with two attached hydrogens (primary N) is 1. The number of nitrogens with zero attached hydrogens (tertiary/aromatic N) is 1. The molecule has 2 N–H and O–H groups in total. The second-order valence-corrected chi connectivity index (χ2v) is 6.37. The Balaban J connectivity index is 2.65. The van der Waals surface area contributed by atoms with Crippen LogP contribution in [0.3, 0.4) is 0 Å². The molecule has 0 saturated carbocycles. The van der Waals surface area contributed by atoms with Crippen LogP contribution in [0, 0.1) is 11.3 Å². The van der Waals surface area contributed by atoms with Gasteiger partial charge in [-0.3, -0.25) is 0 Å². The van der Waals surface area contributed by atoms with Gasteiger partial charge in [0.15, 0.2) is 0 Å². The molecule has 0 amide bonds. The molecule has 0 aromatic rings. The third-order valence-electron chi connectivity index (χ3n) is 1.28. The minimum absolute atomic E-state index is 0.750. The van der Waals surface area contributed by atoms with E-state index >= 15 is 0 Å². The van der Waals surface area contributed by atoms with Crippen molar-refractivity contribution in [2.45, 2.75) is 6.42 Å². The summed E-state index contributed by atoms with van der Waals surface area (Å²) in [7, 11) is 5.23. The number of rotatable bonds is 0. The topological polar surface area (TPSA) is 49.8 Å². The molecule has 11 heavy (non-hydrogen) atoms. The first kappa shape index (κ1) is 9.17. The minimum Gasteiger partial charge on any atom is -0.401 e. The van der Waals surface area contributed by atoms with E-state index in [9.17, 15) is 0 Å². The maximum Gasteiger partial charge on any atom is 0.0974 e. The van der Waals surface area contributed by atoms with Gasteiger partial charge in [-0.05, 0) is 16.2 Å². The van der Waals surface area contributed by atoms with Crippen molar-refractivity contribution in [2.75, 3.05) is 11.5 Å². The summed E-state index contributed by atoms with van der Waals surface area (Å²) in [5.41, 5.74) is 7.20. The maximum absolute atomic E-state index is 8.66. The van der Waals surface area contributed by atoms with Gasteiger partial charge in [0.1, 0.15) is 0 Å². The average Bonchev–Trinajstić information content (AvgIpc) is 1.98. The third kappa shape index (κ3) is 2.89. The van der Waals surface area contributed by atoms with E-state index in [0.29, 0.717) is 0 Å². The van der Waals surface area contributed by atoms with Crippen molar-refractivity contribution in [1.29, 1.82) is 5.26 Å². The SMILES string of the molecule is N#C/C1=C(\N)CCSSSC1. The maximum atomic E-state index is 8.66. The van der Waals surface area contributed by atoms with E-state index in [0.717, 1.165) is 29.2 Å². The predicted molar refractivity (Wildman–Crippen MR) is 54.0 cm³/mol. The van der Waals surface area contributed by atoms with E-state index in [4.69, 9.17) is 11.0 Å². The summed E-state index contributed by atoms with van der Waals surface area (Å²) in [6.45, 7) is 0. The van der Waals surface area contributed by atoms with Crippen LogP contribution in [0.1, 0.15) is 6.42 Å². The zero-order chi connectivity index (χ0) is 8.10. The molecule has 0 atom stereocenters. The van der Waals surface area contributed by atoms with Gasteiger partial charge in [0.25, 0.3) is 0 Å². The molecule has 1 rings (SSSR count). The van der Waals surface area contributed by atoms with Crippen LogP contribution >= 0.6 is 31.4 Å². The van der Waals surface area contributed by atoms with Crippen LogP contribution in [0.2, 0.25) is 0 Å². The van der Waals surface area contributed by atoms with Crippen molar-refractivity contribution < 1.29 is 0 Å². The van der Waals surface area contributed by atoms with E-state index in [1.165, 1.54) is 0 Å². The van der Waals surface area contributed by atoms with Crippen LogP contribution in [-0.2, 0) is 0 Å². The third-order valence-corrected chi connectivity index (χ3v) is 5.41. The second kappa shape index (κ2) is 4.86. The summed E-state index contributed by atoms with van der Waals surface area (Å²) in [6, 6.07) is 2.13. The Hall–Kier alpha value is 0.0800. The van der Waals surface area contributed by atoms with Gasteiger partial charge < -0.3 is 5.73 Å². The average molecular weight is 204 g/mol. The fourth-order valence-electron chi connectivity index (χ4n) is 0.650. The lowest BCUT2D eigenvalue weighted by Crippen LogP contribution is -2.05. The van der Waals surface area contributed by atoms with Crippen molar-refractivity contribution in [2.24, 2.45) is 5.73 Å². The Morgan fingerprint density at radius 2 is 2.27 bits per heavy atom. The van der Waals surface area contributed by atoms with Gasteiger partial charge in [-0.1, -0.05) is 21.6 Å². The van der Waals surface area contributed by atoms with Crippen molar-refractivity contribution >= 4 is 31.4 Å².